The number of hydrogen-bond donors (Lipinski definition) is 1. The van der Waals surface area contributed by atoms with Gasteiger partial charge in [-0.05, 0) is 42.0 Å². The number of amides is 1. The van der Waals surface area contributed by atoms with E-state index in [0.717, 1.165) is 6.26 Å². The fourth-order valence-electron chi connectivity index (χ4n) is 2.05. The molecule has 0 aliphatic heterocycles. The topological polar surface area (TPSA) is 96.3 Å². The van der Waals surface area contributed by atoms with Crippen molar-refractivity contribution in [1.82, 2.24) is 5.32 Å². The van der Waals surface area contributed by atoms with E-state index in [0.29, 0.717) is 16.9 Å². The van der Waals surface area contributed by atoms with Gasteiger partial charge in [-0.1, -0.05) is 12.1 Å². The second-order valence-corrected chi connectivity index (χ2v) is 7.12. The second kappa shape index (κ2) is 7.15. The quantitative estimate of drug-likeness (QED) is 0.896. The van der Waals surface area contributed by atoms with E-state index in [1.807, 2.05) is 6.07 Å². The molecule has 0 spiro atoms. The minimum absolute atomic E-state index is 0.157. The Hall–Kier alpha value is -2.85. The molecular formula is C17H16N2O4S. The molecule has 2 aromatic rings. The van der Waals surface area contributed by atoms with E-state index in [1.165, 1.54) is 31.4 Å². The third-order valence-electron chi connectivity index (χ3n) is 3.40. The maximum absolute atomic E-state index is 12.2. The first-order valence-corrected chi connectivity index (χ1v) is 8.89. The lowest BCUT2D eigenvalue weighted by atomic mass is 10.1. The maximum Gasteiger partial charge on any atom is 0.252 e. The predicted octanol–water partition coefficient (Wildman–Crippen LogP) is 2.09. The predicted molar refractivity (Wildman–Crippen MR) is 88.4 cm³/mol. The van der Waals surface area contributed by atoms with Crippen LogP contribution in [0, 0.1) is 11.3 Å². The van der Waals surface area contributed by atoms with Crippen molar-refractivity contribution in [3.8, 4) is 11.8 Å². The minimum Gasteiger partial charge on any atom is -0.497 e. The number of carbonyl (C=O) groups excluding carboxylic acids is 1. The number of rotatable bonds is 5. The van der Waals surface area contributed by atoms with Gasteiger partial charge >= 0.3 is 0 Å². The van der Waals surface area contributed by atoms with E-state index in [-0.39, 0.29) is 4.90 Å². The summed E-state index contributed by atoms with van der Waals surface area (Å²) >= 11 is 0. The number of sulfone groups is 1. The van der Waals surface area contributed by atoms with Gasteiger partial charge in [-0.15, -0.1) is 0 Å². The molecule has 0 bridgehead atoms. The third kappa shape index (κ3) is 4.12. The van der Waals surface area contributed by atoms with Crippen molar-refractivity contribution in [2.24, 2.45) is 0 Å². The number of nitriles is 1. The molecule has 7 heteroatoms. The highest BCUT2D eigenvalue weighted by molar-refractivity contribution is 7.90. The van der Waals surface area contributed by atoms with Crippen LogP contribution in [0.5, 0.6) is 5.75 Å². The van der Waals surface area contributed by atoms with Crippen molar-refractivity contribution in [1.29, 1.82) is 5.26 Å². The van der Waals surface area contributed by atoms with Gasteiger partial charge in [-0.2, -0.15) is 5.26 Å². The van der Waals surface area contributed by atoms with E-state index in [2.05, 4.69) is 5.32 Å². The molecule has 1 amide bonds. The highest BCUT2D eigenvalue weighted by atomic mass is 32.2. The normalized spacial score (nSPS) is 12.0. The molecule has 1 unspecified atom stereocenters. The van der Waals surface area contributed by atoms with E-state index in [1.54, 1.807) is 24.3 Å². The smallest absolute Gasteiger partial charge is 0.252 e. The summed E-state index contributed by atoms with van der Waals surface area (Å²) in [6.07, 6.45) is 1.11. The van der Waals surface area contributed by atoms with Gasteiger partial charge in [0.2, 0.25) is 0 Å². The molecule has 0 heterocycles. The van der Waals surface area contributed by atoms with Gasteiger partial charge < -0.3 is 10.1 Å². The largest absolute Gasteiger partial charge is 0.497 e. The Labute approximate surface area is 140 Å². The standard InChI is InChI=1S/C17H16N2O4S/c1-23-14-7-3-13(4-8-14)17(20)19-16(11-18)12-5-9-15(10-6-12)24(2,21)22/h3-10,16H,1-2H3,(H,19,20). The van der Waals surface area contributed by atoms with Gasteiger partial charge in [0.05, 0.1) is 18.1 Å². The minimum atomic E-state index is -3.31. The molecule has 0 aromatic heterocycles. The van der Waals surface area contributed by atoms with Gasteiger partial charge in [0, 0.05) is 11.8 Å². The number of nitrogens with one attached hydrogen (secondary N) is 1. The van der Waals surface area contributed by atoms with Crippen molar-refractivity contribution in [3.63, 3.8) is 0 Å². The summed E-state index contributed by atoms with van der Waals surface area (Å²) < 4.78 is 27.9. The first-order chi connectivity index (χ1) is 11.3. The van der Waals surface area contributed by atoms with Crippen molar-refractivity contribution >= 4 is 15.7 Å². The van der Waals surface area contributed by atoms with E-state index in [4.69, 9.17) is 4.74 Å². The lowest BCUT2D eigenvalue weighted by Crippen LogP contribution is -2.27. The highest BCUT2D eigenvalue weighted by Gasteiger charge is 2.16. The molecule has 0 aliphatic rings. The van der Waals surface area contributed by atoms with Gasteiger partial charge in [0.15, 0.2) is 9.84 Å². The number of nitrogens with zero attached hydrogens (tertiary/aromatic N) is 1. The fourth-order valence-corrected chi connectivity index (χ4v) is 2.68. The lowest BCUT2D eigenvalue weighted by molar-refractivity contribution is 0.0945. The van der Waals surface area contributed by atoms with Gasteiger partial charge in [-0.25, -0.2) is 8.42 Å². The summed E-state index contributed by atoms with van der Waals surface area (Å²) in [5.74, 6) is 0.219. The first-order valence-electron chi connectivity index (χ1n) is 6.99. The number of hydrogen-bond acceptors (Lipinski definition) is 5. The molecule has 0 saturated heterocycles. The summed E-state index contributed by atoms with van der Waals surface area (Å²) in [7, 11) is -1.78. The number of carbonyl (C=O) groups is 1. The Morgan fingerprint density at radius 1 is 1.12 bits per heavy atom. The summed E-state index contributed by atoms with van der Waals surface area (Å²) in [5, 5.41) is 11.9. The monoisotopic (exact) mass is 344 g/mol. The Bertz CT molecular complexity index is 866. The molecular weight excluding hydrogens is 328 g/mol. The Morgan fingerprint density at radius 3 is 2.17 bits per heavy atom. The lowest BCUT2D eigenvalue weighted by Gasteiger charge is -2.13. The molecule has 0 saturated carbocycles. The Kier molecular flexibility index (Phi) is 5.21. The van der Waals surface area contributed by atoms with Gasteiger partial charge in [0.1, 0.15) is 11.8 Å². The number of methoxy groups -OCH3 is 1. The molecule has 0 radical (unpaired) electrons. The summed E-state index contributed by atoms with van der Waals surface area (Å²) in [5.41, 5.74) is 0.899. The van der Waals surface area contributed by atoms with Crippen molar-refractivity contribution < 1.29 is 17.9 Å². The number of benzene rings is 2. The summed E-state index contributed by atoms with van der Waals surface area (Å²) in [6, 6.07) is 13.4. The summed E-state index contributed by atoms with van der Waals surface area (Å²) in [6.45, 7) is 0. The molecule has 1 N–H and O–H groups in total. The van der Waals surface area contributed by atoms with Crippen LogP contribution >= 0.6 is 0 Å². The number of ether oxygens (including phenoxy) is 1. The molecule has 124 valence electrons. The maximum atomic E-state index is 12.2. The van der Waals surface area contributed by atoms with Crippen LogP contribution in [-0.4, -0.2) is 27.7 Å². The van der Waals surface area contributed by atoms with Crippen LogP contribution in [0.25, 0.3) is 0 Å². The van der Waals surface area contributed by atoms with Crippen molar-refractivity contribution in [2.45, 2.75) is 10.9 Å². The Balaban J connectivity index is 2.16. The summed E-state index contributed by atoms with van der Waals surface area (Å²) in [4.78, 5) is 12.4. The van der Waals surface area contributed by atoms with Crippen molar-refractivity contribution in [2.75, 3.05) is 13.4 Å². The van der Waals surface area contributed by atoms with Crippen LogP contribution in [0.1, 0.15) is 22.0 Å². The first kappa shape index (κ1) is 17.5. The van der Waals surface area contributed by atoms with Crippen LogP contribution in [0.15, 0.2) is 53.4 Å². The highest BCUT2D eigenvalue weighted by Crippen LogP contribution is 2.17. The molecule has 2 rings (SSSR count). The SMILES string of the molecule is COc1ccc(C(=O)NC(C#N)c2ccc(S(C)(=O)=O)cc2)cc1. The van der Waals surface area contributed by atoms with E-state index in [9.17, 15) is 18.5 Å². The zero-order valence-electron chi connectivity index (χ0n) is 13.2. The van der Waals surface area contributed by atoms with Crippen LogP contribution in [-0.2, 0) is 9.84 Å². The van der Waals surface area contributed by atoms with Crippen LogP contribution < -0.4 is 10.1 Å². The third-order valence-corrected chi connectivity index (χ3v) is 4.53. The molecule has 24 heavy (non-hydrogen) atoms. The van der Waals surface area contributed by atoms with E-state index < -0.39 is 21.8 Å². The van der Waals surface area contributed by atoms with Crippen LogP contribution in [0.4, 0.5) is 0 Å². The molecule has 0 fully saturated rings. The van der Waals surface area contributed by atoms with E-state index >= 15 is 0 Å². The average molecular weight is 344 g/mol. The Morgan fingerprint density at radius 2 is 1.71 bits per heavy atom. The van der Waals surface area contributed by atoms with Crippen molar-refractivity contribution in [3.05, 3.63) is 59.7 Å². The molecule has 1 atom stereocenters. The molecule has 0 aliphatic carbocycles. The fraction of sp³-hybridized carbons (Fsp3) is 0.176. The van der Waals surface area contributed by atoms with Crippen LogP contribution in [0.2, 0.25) is 0 Å². The van der Waals surface area contributed by atoms with Gasteiger partial charge in [-0.3, -0.25) is 4.79 Å². The molecule has 6 nitrogen and oxygen atoms in total. The average Bonchev–Trinajstić information content (AvgIpc) is 2.59. The zero-order valence-corrected chi connectivity index (χ0v) is 14.0. The molecule has 2 aromatic carbocycles. The zero-order chi connectivity index (χ0) is 17.7. The van der Waals surface area contributed by atoms with Crippen LogP contribution in [0.3, 0.4) is 0 Å². The van der Waals surface area contributed by atoms with Gasteiger partial charge in [0.25, 0.3) is 5.91 Å². The second-order valence-electron chi connectivity index (χ2n) is 5.11.